The summed E-state index contributed by atoms with van der Waals surface area (Å²) in [5, 5.41) is 0. The fraction of sp³-hybridized carbons (Fsp3) is 0.320. The summed E-state index contributed by atoms with van der Waals surface area (Å²) in [6.45, 7) is 6.12. The molecule has 0 bridgehead atoms. The number of carbonyl (C=O) groups is 1. The van der Waals surface area contributed by atoms with E-state index in [1.165, 1.54) is 31.4 Å². The zero-order valence-corrected chi connectivity index (χ0v) is 18.9. The molecule has 0 aliphatic carbocycles. The Balaban J connectivity index is 1.75. The van der Waals surface area contributed by atoms with Crippen LogP contribution in [0.15, 0.2) is 48.5 Å². The van der Waals surface area contributed by atoms with Crippen molar-refractivity contribution in [2.45, 2.75) is 13.8 Å². The molecule has 1 amide bonds. The van der Waals surface area contributed by atoms with Crippen molar-refractivity contribution in [1.82, 2.24) is 14.9 Å². The number of benzene rings is 2. The van der Waals surface area contributed by atoms with Crippen molar-refractivity contribution in [2.24, 2.45) is 5.92 Å². The number of rotatable bonds is 5. The second-order valence-corrected chi connectivity index (χ2v) is 8.23. The largest absolute Gasteiger partial charge is 0.478 e. The van der Waals surface area contributed by atoms with E-state index in [0.29, 0.717) is 60.4 Å². The number of methoxy groups -OCH3 is 1. The van der Waals surface area contributed by atoms with Crippen LogP contribution in [0, 0.1) is 17.6 Å². The lowest BCUT2D eigenvalue weighted by atomic mass is 10.0. The van der Waals surface area contributed by atoms with Crippen molar-refractivity contribution < 1.29 is 18.3 Å². The summed E-state index contributed by atoms with van der Waals surface area (Å²) in [6, 6.07) is 12.0. The molecular formula is C25H26F2N4O2. The number of piperazine rings is 1. The lowest BCUT2D eigenvalue weighted by Gasteiger charge is -2.36. The average Bonchev–Trinajstić information content (AvgIpc) is 2.84. The Kier molecular flexibility index (Phi) is 6.53. The number of amides is 1. The van der Waals surface area contributed by atoms with E-state index in [1.54, 1.807) is 24.3 Å². The number of ether oxygens (including phenoxy) is 1. The van der Waals surface area contributed by atoms with E-state index in [9.17, 15) is 13.6 Å². The van der Waals surface area contributed by atoms with Crippen molar-refractivity contribution in [3.63, 3.8) is 0 Å². The summed E-state index contributed by atoms with van der Waals surface area (Å²) in [7, 11) is 1.53. The lowest BCUT2D eigenvalue weighted by molar-refractivity contribution is -0.134. The first-order valence-corrected chi connectivity index (χ1v) is 10.9. The molecule has 4 rings (SSSR count). The fourth-order valence-corrected chi connectivity index (χ4v) is 3.88. The van der Waals surface area contributed by atoms with Crippen LogP contribution in [0.1, 0.15) is 13.8 Å². The maximum Gasteiger partial charge on any atom is 0.258 e. The van der Waals surface area contributed by atoms with Crippen LogP contribution in [0.2, 0.25) is 0 Å². The van der Waals surface area contributed by atoms with Gasteiger partial charge in [-0.15, -0.1) is 0 Å². The number of nitrogens with zero attached hydrogens (tertiary/aromatic N) is 4. The van der Waals surface area contributed by atoms with Gasteiger partial charge in [-0.2, -0.15) is 0 Å². The molecule has 1 aromatic heterocycles. The number of carbonyl (C=O) groups excluding carboxylic acids is 1. The average molecular weight is 453 g/mol. The molecule has 33 heavy (non-hydrogen) atoms. The molecule has 172 valence electrons. The topological polar surface area (TPSA) is 58.6 Å². The Labute approximate surface area is 191 Å². The minimum absolute atomic E-state index is 0.0500. The molecule has 0 atom stereocenters. The molecule has 0 saturated carbocycles. The van der Waals surface area contributed by atoms with Crippen LogP contribution in [0.4, 0.5) is 14.6 Å². The van der Waals surface area contributed by atoms with Crippen LogP contribution in [-0.4, -0.2) is 54.1 Å². The lowest BCUT2D eigenvalue weighted by Crippen LogP contribution is -2.50. The van der Waals surface area contributed by atoms with Crippen LogP contribution in [0.25, 0.3) is 22.5 Å². The van der Waals surface area contributed by atoms with Crippen molar-refractivity contribution >= 4 is 11.7 Å². The SMILES string of the molecule is COc1nc(-c2ccc(F)cc2)c(-c2ccc(F)cc2)nc1N1CCN(C(=O)C(C)C)CC1. The van der Waals surface area contributed by atoms with Crippen LogP contribution >= 0.6 is 0 Å². The molecule has 8 heteroatoms. The predicted octanol–water partition coefficient (Wildman–Crippen LogP) is 4.40. The van der Waals surface area contributed by atoms with E-state index in [0.717, 1.165) is 0 Å². The minimum atomic E-state index is -0.354. The highest BCUT2D eigenvalue weighted by Crippen LogP contribution is 2.36. The molecule has 3 aromatic rings. The van der Waals surface area contributed by atoms with Gasteiger partial charge < -0.3 is 14.5 Å². The van der Waals surface area contributed by atoms with Gasteiger partial charge in [-0.25, -0.2) is 18.7 Å². The normalized spacial score (nSPS) is 14.0. The van der Waals surface area contributed by atoms with E-state index in [-0.39, 0.29) is 23.5 Å². The van der Waals surface area contributed by atoms with Gasteiger partial charge in [0.25, 0.3) is 5.88 Å². The van der Waals surface area contributed by atoms with Crippen LogP contribution in [-0.2, 0) is 4.79 Å². The predicted molar refractivity (Wildman–Crippen MR) is 123 cm³/mol. The first-order chi connectivity index (χ1) is 15.9. The third-order valence-electron chi connectivity index (χ3n) is 5.66. The van der Waals surface area contributed by atoms with Gasteiger partial charge >= 0.3 is 0 Å². The van der Waals surface area contributed by atoms with Crippen molar-refractivity contribution in [3.8, 4) is 28.4 Å². The Morgan fingerprint density at radius 3 is 1.79 bits per heavy atom. The van der Waals surface area contributed by atoms with Crippen LogP contribution < -0.4 is 9.64 Å². The Morgan fingerprint density at radius 2 is 1.33 bits per heavy atom. The summed E-state index contributed by atoms with van der Waals surface area (Å²) in [6.07, 6.45) is 0. The summed E-state index contributed by atoms with van der Waals surface area (Å²) < 4.78 is 32.7. The molecule has 6 nitrogen and oxygen atoms in total. The summed E-state index contributed by atoms with van der Waals surface area (Å²) in [4.78, 5) is 25.9. The summed E-state index contributed by atoms with van der Waals surface area (Å²) >= 11 is 0. The van der Waals surface area contributed by atoms with Gasteiger partial charge in [0.05, 0.1) is 12.8 Å². The Hall–Kier alpha value is -3.55. The molecule has 1 fully saturated rings. The molecule has 0 unspecified atom stereocenters. The highest BCUT2D eigenvalue weighted by molar-refractivity contribution is 5.80. The van der Waals surface area contributed by atoms with Gasteiger partial charge in [0.15, 0.2) is 5.82 Å². The van der Waals surface area contributed by atoms with Gasteiger partial charge in [0.2, 0.25) is 5.91 Å². The third kappa shape index (κ3) is 4.79. The highest BCUT2D eigenvalue weighted by atomic mass is 19.1. The molecule has 1 aliphatic heterocycles. The van der Waals surface area contributed by atoms with Gasteiger partial charge in [0, 0.05) is 43.2 Å². The number of aromatic nitrogens is 2. The zero-order chi connectivity index (χ0) is 23.5. The molecule has 1 aliphatic rings. The van der Waals surface area contributed by atoms with Crippen molar-refractivity contribution in [2.75, 3.05) is 38.2 Å². The van der Waals surface area contributed by atoms with Gasteiger partial charge in [-0.1, -0.05) is 13.8 Å². The van der Waals surface area contributed by atoms with E-state index >= 15 is 0 Å². The van der Waals surface area contributed by atoms with Gasteiger partial charge in [-0.3, -0.25) is 4.79 Å². The summed E-state index contributed by atoms with van der Waals surface area (Å²) in [5.74, 6) is 0.266. The third-order valence-corrected chi connectivity index (χ3v) is 5.66. The maximum atomic E-state index is 13.6. The first kappa shape index (κ1) is 22.6. The van der Waals surface area contributed by atoms with Gasteiger partial charge in [-0.05, 0) is 48.5 Å². The monoisotopic (exact) mass is 452 g/mol. The van der Waals surface area contributed by atoms with Crippen LogP contribution in [0.3, 0.4) is 0 Å². The summed E-state index contributed by atoms with van der Waals surface area (Å²) in [5.41, 5.74) is 2.40. The number of hydrogen-bond acceptors (Lipinski definition) is 5. The number of anilines is 1. The standard InChI is InChI=1S/C25H26F2N4O2/c1-16(2)25(32)31-14-12-30(13-15-31)23-24(33-3)29-22(18-6-10-20(27)11-7-18)21(28-23)17-4-8-19(26)9-5-17/h4-11,16H,12-15H2,1-3H3. The fourth-order valence-electron chi connectivity index (χ4n) is 3.88. The highest BCUT2D eigenvalue weighted by Gasteiger charge is 2.27. The van der Waals surface area contributed by atoms with E-state index in [2.05, 4.69) is 0 Å². The molecule has 2 heterocycles. The molecule has 0 radical (unpaired) electrons. The molecule has 0 N–H and O–H groups in total. The van der Waals surface area contributed by atoms with E-state index < -0.39 is 0 Å². The van der Waals surface area contributed by atoms with E-state index in [1.807, 2.05) is 23.6 Å². The van der Waals surface area contributed by atoms with Gasteiger partial charge in [0.1, 0.15) is 17.3 Å². The Morgan fingerprint density at radius 1 is 0.848 bits per heavy atom. The zero-order valence-electron chi connectivity index (χ0n) is 18.9. The molecule has 2 aromatic carbocycles. The second-order valence-electron chi connectivity index (χ2n) is 8.23. The maximum absolute atomic E-state index is 13.6. The second kappa shape index (κ2) is 9.52. The smallest absolute Gasteiger partial charge is 0.258 e. The molecular weight excluding hydrogens is 426 g/mol. The number of halogens is 2. The van der Waals surface area contributed by atoms with Crippen molar-refractivity contribution in [3.05, 3.63) is 60.2 Å². The number of hydrogen-bond donors (Lipinski definition) is 0. The van der Waals surface area contributed by atoms with Crippen molar-refractivity contribution in [1.29, 1.82) is 0 Å². The van der Waals surface area contributed by atoms with E-state index in [4.69, 9.17) is 14.7 Å². The molecule has 1 saturated heterocycles. The quantitative estimate of drug-likeness (QED) is 0.574. The van der Waals surface area contributed by atoms with Crippen LogP contribution in [0.5, 0.6) is 5.88 Å². The first-order valence-electron chi connectivity index (χ1n) is 10.9. The minimum Gasteiger partial charge on any atom is -0.478 e. The Bertz CT molecular complexity index is 1130. The molecule has 0 spiro atoms.